The van der Waals surface area contributed by atoms with Gasteiger partial charge >= 0.3 is 0 Å². The summed E-state index contributed by atoms with van der Waals surface area (Å²) >= 11 is 0. The van der Waals surface area contributed by atoms with Gasteiger partial charge in [0.2, 0.25) is 5.91 Å². The first-order valence-corrected chi connectivity index (χ1v) is 5.27. The molecule has 1 N–H and O–H groups in total. The van der Waals surface area contributed by atoms with Gasteiger partial charge in [-0.15, -0.1) is 0 Å². The average Bonchev–Trinajstić information content (AvgIpc) is 2.15. The molecule has 3 rings (SSSR count). The lowest BCUT2D eigenvalue weighted by atomic mass is 9.50. The normalized spacial score (nSPS) is 47.2. The van der Waals surface area contributed by atoms with Crippen molar-refractivity contribution in [2.75, 3.05) is 0 Å². The first-order chi connectivity index (χ1) is 6.29. The summed E-state index contributed by atoms with van der Waals surface area (Å²) in [6.45, 7) is 0. The Labute approximate surface area is 78.4 Å². The standard InChI is InChI=1S/C11H15NO/c13-9-10-5-1-3-7-11(10,12-9)8-4-2-6-10/h1,3H,2,4-8H2,(H,12,13)/t10-,11-/m1/s1. The van der Waals surface area contributed by atoms with E-state index < -0.39 is 0 Å². The van der Waals surface area contributed by atoms with Gasteiger partial charge in [-0.25, -0.2) is 0 Å². The Kier molecular flexibility index (Phi) is 1.27. The number of hydrogen-bond acceptors (Lipinski definition) is 1. The molecular formula is C11H15NO. The Morgan fingerprint density at radius 2 is 1.92 bits per heavy atom. The summed E-state index contributed by atoms with van der Waals surface area (Å²) in [6.07, 6.45) is 11.3. The highest BCUT2D eigenvalue weighted by atomic mass is 16.2. The summed E-state index contributed by atoms with van der Waals surface area (Å²) < 4.78 is 0. The van der Waals surface area contributed by atoms with Crippen LogP contribution >= 0.6 is 0 Å². The maximum Gasteiger partial charge on any atom is 0.229 e. The Balaban J connectivity index is 2.04. The fourth-order valence-corrected chi connectivity index (χ4v) is 3.43. The summed E-state index contributed by atoms with van der Waals surface area (Å²) in [5.74, 6) is 0.316. The van der Waals surface area contributed by atoms with Crippen molar-refractivity contribution in [3.8, 4) is 0 Å². The number of carbonyl (C=O) groups excluding carboxylic acids is 1. The molecule has 2 nitrogen and oxygen atoms in total. The quantitative estimate of drug-likeness (QED) is 0.443. The lowest BCUT2D eigenvalue weighted by Crippen LogP contribution is -2.77. The van der Waals surface area contributed by atoms with E-state index >= 15 is 0 Å². The molecule has 0 radical (unpaired) electrons. The monoisotopic (exact) mass is 177 g/mol. The largest absolute Gasteiger partial charge is 0.349 e. The fourth-order valence-electron chi connectivity index (χ4n) is 3.43. The van der Waals surface area contributed by atoms with Crippen molar-refractivity contribution in [1.82, 2.24) is 5.32 Å². The van der Waals surface area contributed by atoms with Crippen LogP contribution in [-0.4, -0.2) is 11.4 Å². The minimum Gasteiger partial charge on any atom is -0.349 e. The van der Waals surface area contributed by atoms with Gasteiger partial charge in [0.1, 0.15) is 0 Å². The highest BCUT2D eigenvalue weighted by Gasteiger charge is 2.65. The third-order valence-electron chi connectivity index (χ3n) is 4.26. The number of amides is 1. The number of β-lactam (4-membered cyclic amide) rings is 1. The summed E-state index contributed by atoms with van der Waals surface area (Å²) in [4.78, 5) is 11.7. The van der Waals surface area contributed by atoms with Crippen molar-refractivity contribution in [3.63, 3.8) is 0 Å². The molecule has 70 valence electrons. The van der Waals surface area contributed by atoms with Gasteiger partial charge in [0.25, 0.3) is 0 Å². The highest BCUT2D eigenvalue weighted by molar-refractivity contribution is 5.92. The summed E-state index contributed by atoms with van der Waals surface area (Å²) in [5.41, 5.74) is 0.192. The van der Waals surface area contributed by atoms with Gasteiger partial charge < -0.3 is 5.32 Å². The highest BCUT2D eigenvalue weighted by Crippen LogP contribution is 2.56. The Morgan fingerprint density at radius 3 is 2.69 bits per heavy atom. The number of allylic oxidation sites excluding steroid dienone is 1. The second-order valence-corrected chi connectivity index (χ2v) is 4.71. The molecule has 2 heteroatoms. The second kappa shape index (κ2) is 2.17. The molecule has 1 saturated heterocycles. The van der Waals surface area contributed by atoms with E-state index in [1.165, 1.54) is 19.3 Å². The van der Waals surface area contributed by atoms with Crippen LogP contribution < -0.4 is 5.32 Å². The van der Waals surface area contributed by atoms with Crippen LogP contribution in [0.15, 0.2) is 12.2 Å². The van der Waals surface area contributed by atoms with Crippen molar-refractivity contribution >= 4 is 5.91 Å². The molecule has 0 aromatic rings. The van der Waals surface area contributed by atoms with Crippen molar-refractivity contribution in [3.05, 3.63) is 12.2 Å². The van der Waals surface area contributed by atoms with Gasteiger partial charge in [0.05, 0.1) is 11.0 Å². The first kappa shape index (κ1) is 7.60. The van der Waals surface area contributed by atoms with E-state index in [0.717, 1.165) is 19.3 Å². The zero-order valence-electron chi connectivity index (χ0n) is 7.81. The summed E-state index contributed by atoms with van der Waals surface area (Å²) in [7, 11) is 0. The molecule has 1 saturated carbocycles. The molecule has 13 heavy (non-hydrogen) atoms. The van der Waals surface area contributed by atoms with Gasteiger partial charge in [-0.3, -0.25) is 4.79 Å². The smallest absolute Gasteiger partial charge is 0.229 e. The molecule has 3 aliphatic rings. The molecular weight excluding hydrogens is 162 g/mol. The molecule has 0 aromatic carbocycles. The molecule has 2 aliphatic carbocycles. The minimum absolute atomic E-state index is 0.0139. The topological polar surface area (TPSA) is 29.1 Å². The molecule has 0 unspecified atom stereocenters. The molecule has 2 atom stereocenters. The third-order valence-corrected chi connectivity index (χ3v) is 4.26. The van der Waals surface area contributed by atoms with Crippen LogP contribution in [0.4, 0.5) is 0 Å². The van der Waals surface area contributed by atoms with Crippen LogP contribution in [-0.2, 0) is 4.79 Å². The molecule has 1 aliphatic heterocycles. The van der Waals surface area contributed by atoms with Crippen molar-refractivity contribution in [1.29, 1.82) is 0 Å². The zero-order chi connectivity index (χ0) is 8.94. The number of nitrogens with one attached hydrogen (secondary N) is 1. The van der Waals surface area contributed by atoms with Gasteiger partial charge in [-0.1, -0.05) is 25.0 Å². The lowest BCUT2D eigenvalue weighted by Gasteiger charge is -2.62. The molecule has 0 spiro atoms. The third kappa shape index (κ3) is 0.687. The van der Waals surface area contributed by atoms with Crippen LogP contribution in [0.2, 0.25) is 0 Å². The van der Waals surface area contributed by atoms with Crippen LogP contribution in [0.1, 0.15) is 38.5 Å². The van der Waals surface area contributed by atoms with E-state index in [9.17, 15) is 4.79 Å². The van der Waals surface area contributed by atoms with Gasteiger partial charge in [0.15, 0.2) is 0 Å². The maximum atomic E-state index is 11.7. The van der Waals surface area contributed by atoms with Crippen molar-refractivity contribution < 1.29 is 4.79 Å². The van der Waals surface area contributed by atoms with E-state index in [1.807, 2.05) is 0 Å². The molecule has 0 aromatic heterocycles. The maximum absolute atomic E-state index is 11.7. The van der Waals surface area contributed by atoms with Crippen molar-refractivity contribution in [2.45, 2.75) is 44.1 Å². The Bertz CT molecular complexity index is 296. The van der Waals surface area contributed by atoms with E-state index in [2.05, 4.69) is 17.5 Å². The zero-order valence-corrected chi connectivity index (χ0v) is 7.81. The van der Waals surface area contributed by atoms with Gasteiger partial charge in [-0.05, 0) is 25.7 Å². The Hall–Kier alpha value is -0.790. The van der Waals surface area contributed by atoms with E-state index in [0.29, 0.717) is 5.91 Å². The molecule has 1 heterocycles. The van der Waals surface area contributed by atoms with Crippen molar-refractivity contribution in [2.24, 2.45) is 5.41 Å². The molecule has 1 amide bonds. The van der Waals surface area contributed by atoms with Gasteiger partial charge in [-0.2, -0.15) is 0 Å². The minimum atomic E-state index is 0.0139. The van der Waals surface area contributed by atoms with Gasteiger partial charge in [0, 0.05) is 0 Å². The predicted molar refractivity (Wildman–Crippen MR) is 50.1 cm³/mol. The summed E-state index contributed by atoms with van der Waals surface area (Å²) in [6, 6.07) is 0. The van der Waals surface area contributed by atoms with Crippen LogP contribution in [0.25, 0.3) is 0 Å². The number of carbonyl (C=O) groups is 1. The first-order valence-electron chi connectivity index (χ1n) is 5.27. The lowest BCUT2D eigenvalue weighted by molar-refractivity contribution is -0.163. The van der Waals surface area contributed by atoms with Crippen LogP contribution in [0, 0.1) is 5.41 Å². The Morgan fingerprint density at radius 1 is 1.15 bits per heavy atom. The van der Waals surface area contributed by atoms with Crippen LogP contribution in [0.5, 0.6) is 0 Å². The number of hydrogen-bond donors (Lipinski definition) is 1. The van der Waals surface area contributed by atoms with Crippen LogP contribution in [0.3, 0.4) is 0 Å². The number of rotatable bonds is 0. The SMILES string of the molecule is O=C1N[C@@]23CC=CC[C@@]12CCCC3. The van der Waals surface area contributed by atoms with E-state index in [-0.39, 0.29) is 11.0 Å². The van der Waals surface area contributed by atoms with E-state index in [1.54, 1.807) is 0 Å². The predicted octanol–water partition coefficient (Wildman–Crippen LogP) is 1.77. The summed E-state index contributed by atoms with van der Waals surface area (Å²) in [5, 5.41) is 3.16. The van der Waals surface area contributed by atoms with E-state index in [4.69, 9.17) is 0 Å². The molecule has 0 bridgehead atoms. The average molecular weight is 177 g/mol. The second-order valence-electron chi connectivity index (χ2n) is 4.71. The fraction of sp³-hybridized carbons (Fsp3) is 0.727. The molecule has 2 fully saturated rings.